The van der Waals surface area contributed by atoms with E-state index in [1.165, 1.54) is 71.5 Å². The van der Waals surface area contributed by atoms with Gasteiger partial charge in [-0.05, 0) is 82.4 Å². The molecule has 0 atom stereocenters. The Morgan fingerprint density at radius 1 is 0.333 bits per heavy atom. The predicted octanol–water partition coefficient (Wildman–Crippen LogP) is 13.0. The van der Waals surface area contributed by atoms with E-state index in [4.69, 9.17) is 4.74 Å². The van der Waals surface area contributed by atoms with E-state index < -0.39 is 0 Å². The summed E-state index contributed by atoms with van der Waals surface area (Å²) in [4.78, 5) is 0. The normalized spacial score (nSPS) is 12.1. The Hall–Kier alpha value is -6.84. The van der Waals surface area contributed by atoms with Crippen LogP contribution in [0.5, 0.6) is 11.5 Å². The van der Waals surface area contributed by atoms with Gasteiger partial charge < -0.3 is 13.9 Å². The number of hydrogen-bond donors (Lipinski definition) is 0. The first-order valence-electron chi connectivity index (χ1n) is 17.4. The topological polar surface area (TPSA) is 19.1 Å². The second kappa shape index (κ2) is 10.8. The first kappa shape index (κ1) is 28.0. The van der Waals surface area contributed by atoms with Gasteiger partial charge in [-0.2, -0.15) is 0 Å². The molecular weight excluding hydrogens is 621 g/mol. The molecule has 3 heteroatoms. The van der Waals surface area contributed by atoms with Crippen molar-refractivity contribution in [2.75, 3.05) is 0 Å². The molecule has 1 aliphatic rings. The number of fused-ring (bicyclic) bond motifs is 8. The van der Waals surface area contributed by atoms with E-state index in [2.05, 4.69) is 185 Å². The van der Waals surface area contributed by atoms with E-state index in [1.54, 1.807) is 0 Å². The van der Waals surface area contributed by atoms with Crippen LogP contribution in [0.15, 0.2) is 182 Å². The highest BCUT2D eigenvalue weighted by Gasteiger charge is 2.25. The van der Waals surface area contributed by atoms with Crippen LogP contribution in [0.3, 0.4) is 0 Å². The molecule has 238 valence electrons. The standard InChI is InChI=1S/C48H30N2O/c1-3-11-31(12-4-1)34-23-27-42-40(29-34)41-30-35(32-13-5-2-6-14-32)24-28-43(41)49(42)36-25-21-33(22-26-36)37-15-9-16-38-39-17-10-20-46-48(39)50(47(37)38)44-18-7-8-19-45(44)51-46/h1-30H. The molecule has 3 heterocycles. The van der Waals surface area contributed by atoms with Crippen molar-refractivity contribution in [1.82, 2.24) is 9.13 Å². The summed E-state index contributed by atoms with van der Waals surface area (Å²) in [6.07, 6.45) is 0. The maximum Gasteiger partial charge on any atom is 0.152 e. The molecule has 0 unspecified atom stereocenters. The number of nitrogens with zero attached hydrogens (tertiary/aromatic N) is 2. The van der Waals surface area contributed by atoms with Gasteiger partial charge in [-0.25, -0.2) is 0 Å². The molecule has 0 spiro atoms. The molecule has 3 nitrogen and oxygen atoms in total. The van der Waals surface area contributed by atoms with Crippen LogP contribution in [0.4, 0.5) is 0 Å². The molecular formula is C48H30N2O. The van der Waals surface area contributed by atoms with Crippen LogP contribution >= 0.6 is 0 Å². The highest BCUT2D eigenvalue weighted by Crippen LogP contribution is 2.47. The SMILES string of the molecule is c1ccc(-c2ccc3c(c2)c2cc(-c4ccccc4)ccc2n3-c2ccc(-c3cccc4c5cccc6c5n(c34)-c3ccccc3O6)cc2)cc1. The predicted molar refractivity (Wildman–Crippen MR) is 212 cm³/mol. The Morgan fingerprint density at radius 3 is 1.55 bits per heavy atom. The second-order valence-corrected chi connectivity index (χ2v) is 13.3. The average molecular weight is 651 g/mol. The summed E-state index contributed by atoms with van der Waals surface area (Å²) in [5.74, 6) is 1.76. The maximum absolute atomic E-state index is 6.39. The summed E-state index contributed by atoms with van der Waals surface area (Å²) in [6, 6.07) is 65.5. The fourth-order valence-corrected chi connectivity index (χ4v) is 8.20. The number of aromatic nitrogens is 2. The van der Waals surface area contributed by atoms with Crippen LogP contribution in [-0.4, -0.2) is 9.13 Å². The molecule has 0 bridgehead atoms. The molecule has 1 aliphatic heterocycles. The lowest BCUT2D eigenvalue weighted by Gasteiger charge is -2.21. The lowest BCUT2D eigenvalue weighted by molar-refractivity contribution is 0.476. The fourth-order valence-electron chi connectivity index (χ4n) is 8.20. The zero-order valence-electron chi connectivity index (χ0n) is 27.6. The Bertz CT molecular complexity index is 2870. The van der Waals surface area contributed by atoms with Crippen molar-refractivity contribution in [3.8, 4) is 56.3 Å². The molecule has 0 saturated heterocycles. The smallest absolute Gasteiger partial charge is 0.152 e. The maximum atomic E-state index is 6.39. The van der Waals surface area contributed by atoms with Crippen LogP contribution in [0.2, 0.25) is 0 Å². The largest absolute Gasteiger partial charge is 0.453 e. The van der Waals surface area contributed by atoms with Gasteiger partial charge in [0.1, 0.15) is 0 Å². The van der Waals surface area contributed by atoms with Gasteiger partial charge in [0.05, 0.1) is 27.8 Å². The van der Waals surface area contributed by atoms with Gasteiger partial charge in [0.25, 0.3) is 0 Å². The van der Waals surface area contributed by atoms with Crippen molar-refractivity contribution in [2.45, 2.75) is 0 Å². The van der Waals surface area contributed by atoms with Crippen LogP contribution < -0.4 is 4.74 Å². The summed E-state index contributed by atoms with van der Waals surface area (Å²) < 4.78 is 11.2. The van der Waals surface area contributed by atoms with Crippen molar-refractivity contribution in [1.29, 1.82) is 0 Å². The van der Waals surface area contributed by atoms with Gasteiger partial charge in [0, 0.05) is 32.8 Å². The number of benzene rings is 8. The summed E-state index contributed by atoms with van der Waals surface area (Å²) in [5.41, 5.74) is 14.1. The third kappa shape index (κ3) is 4.19. The zero-order chi connectivity index (χ0) is 33.5. The van der Waals surface area contributed by atoms with Gasteiger partial charge >= 0.3 is 0 Å². The van der Waals surface area contributed by atoms with Crippen molar-refractivity contribution in [3.05, 3.63) is 182 Å². The summed E-state index contributed by atoms with van der Waals surface area (Å²) in [5, 5.41) is 4.91. The summed E-state index contributed by atoms with van der Waals surface area (Å²) in [6.45, 7) is 0. The molecule has 51 heavy (non-hydrogen) atoms. The minimum atomic E-state index is 0.873. The van der Waals surface area contributed by atoms with Crippen molar-refractivity contribution >= 4 is 43.6 Å². The minimum absolute atomic E-state index is 0.873. The van der Waals surface area contributed by atoms with E-state index in [1.807, 2.05) is 6.07 Å². The zero-order valence-corrected chi connectivity index (χ0v) is 27.6. The lowest BCUT2D eigenvalue weighted by Crippen LogP contribution is -2.04. The van der Waals surface area contributed by atoms with E-state index in [0.29, 0.717) is 0 Å². The van der Waals surface area contributed by atoms with Crippen LogP contribution in [0, 0.1) is 0 Å². The molecule has 0 aliphatic carbocycles. The Labute approximate surface area is 294 Å². The Morgan fingerprint density at radius 2 is 0.882 bits per heavy atom. The first-order chi connectivity index (χ1) is 25.3. The van der Waals surface area contributed by atoms with Crippen molar-refractivity contribution < 1.29 is 4.74 Å². The molecule has 0 amide bonds. The average Bonchev–Trinajstić information content (AvgIpc) is 3.72. The molecule has 0 fully saturated rings. The minimum Gasteiger partial charge on any atom is -0.453 e. The highest BCUT2D eigenvalue weighted by molar-refractivity contribution is 6.16. The number of hydrogen-bond acceptors (Lipinski definition) is 1. The van der Waals surface area contributed by atoms with Gasteiger partial charge in [-0.1, -0.05) is 127 Å². The Balaban J connectivity index is 1.10. The lowest BCUT2D eigenvalue weighted by atomic mass is 10.0. The molecule has 2 aromatic heterocycles. The van der Waals surface area contributed by atoms with Crippen LogP contribution in [0.25, 0.3) is 88.4 Å². The number of para-hydroxylation sites is 4. The van der Waals surface area contributed by atoms with Crippen molar-refractivity contribution in [2.24, 2.45) is 0 Å². The number of rotatable bonds is 4. The van der Waals surface area contributed by atoms with Gasteiger partial charge in [-0.15, -0.1) is 0 Å². The van der Waals surface area contributed by atoms with Crippen molar-refractivity contribution in [3.63, 3.8) is 0 Å². The molecule has 8 aromatic carbocycles. The molecule has 11 rings (SSSR count). The van der Waals surface area contributed by atoms with Crippen LogP contribution in [0.1, 0.15) is 0 Å². The van der Waals surface area contributed by atoms with Gasteiger partial charge in [-0.3, -0.25) is 0 Å². The molecule has 0 N–H and O–H groups in total. The monoisotopic (exact) mass is 650 g/mol. The molecule has 0 saturated carbocycles. The van der Waals surface area contributed by atoms with Gasteiger partial charge in [0.2, 0.25) is 0 Å². The fraction of sp³-hybridized carbons (Fsp3) is 0. The molecule has 10 aromatic rings. The number of ether oxygens (including phenoxy) is 1. The van der Waals surface area contributed by atoms with E-state index in [-0.39, 0.29) is 0 Å². The summed E-state index contributed by atoms with van der Waals surface area (Å²) in [7, 11) is 0. The quantitative estimate of drug-likeness (QED) is 0.185. The van der Waals surface area contributed by atoms with Crippen LogP contribution in [-0.2, 0) is 0 Å². The third-order valence-electron chi connectivity index (χ3n) is 10.5. The summed E-state index contributed by atoms with van der Waals surface area (Å²) >= 11 is 0. The van der Waals surface area contributed by atoms with E-state index in [9.17, 15) is 0 Å². The van der Waals surface area contributed by atoms with Gasteiger partial charge in [0.15, 0.2) is 11.5 Å². The Kier molecular flexibility index (Phi) is 5.96. The van der Waals surface area contributed by atoms with E-state index in [0.717, 1.165) is 28.4 Å². The third-order valence-corrected chi connectivity index (χ3v) is 10.5. The molecule has 0 radical (unpaired) electrons. The highest BCUT2D eigenvalue weighted by atomic mass is 16.5. The van der Waals surface area contributed by atoms with E-state index >= 15 is 0 Å². The second-order valence-electron chi connectivity index (χ2n) is 13.3. The first-order valence-corrected chi connectivity index (χ1v) is 17.4.